The maximum atomic E-state index is 12.0. The molecule has 0 aliphatic heterocycles. The highest BCUT2D eigenvalue weighted by Crippen LogP contribution is 2.23. The zero-order chi connectivity index (χ0) is 14.6. The minimum atomic E-state index is -4.71. The second-order valence-electron chi connectivity index (χ2n) is 4.70. The van der Waals surface area contributed by atoms with E-state index in [2.05, 4.69) is 4.74 Å². The molecular weight excluding hydrogens is 261 g/mol. The van der Waals surface area contributed by atoms with Gasteiger partial charge in [0.05, 0.1) is 12.2 Å². The molecule has 0 fully saturated rings. The first kappa shape index (κ1) is 15.8. The topological polar surface area (TPSA) is 49.7 Å². The van der Waals surface area contributed by atoms with Gasteiger partial charge in [0, 0.05) is 6.42 Å². The molecule has 0 saturated carbocycles. The molecule has 6 heteroatoms. The summed E-state index contributed by atoms with van der Waals surface area (Å²) < 4.78 is 39.6. The van der Waals surface area contributed by atoms with Crippen molar-refractivity contribution in [3.05, 3.63) is 29.8 Å². The van der Waals surface area contributed by atoms with Crippen molar-refractivity contribution in [2.75, 3.05) is 0 Å². The Bertz CT molecular complexity index is 387. The average Bonchev–Trinajstić information content (AvgIpc) is 2.28. The molecule has 2 N–H and O–H groups in total. The molecule has 0 aliphatic carbocycles. The summed E-state index contributed by atoms with van der Waals surface area (Å²) in [6.07, 6.45) is -6.36. The number of rotatable bonds is 5. The SMILES string of the molecule is CC(C)C(O)C(O)Cc1ccc(OC(F)(F)F)cc1. The Morgan fingerprint density at radius 2 is 1.63 bits per heavy atom. The van der Waals surface area contributed by atoms with Crippen LogP contribution < -0.4 is 4.74 Å². The lowest BCUT2D eigenvalue weighted by atomic mass is 9.96. The minimum Gasteiger partial charge on any atom is -0.406 e. The fourth-order valence-corrected chi connectivity index (χ4v) is 1.63. The van der Waals surface area contributed by atoms with E-state index in [-0.39, 0.29) is 18.1 Å². The summed E-state index contributed by atoms with van der Waals surface area (Å²) in [7, 11) is 0. The molecule has 1 rings (SSSR count). The van der Waals surface area contributed by atoms with E-state index < -0.39 is 18.6 Å². The number of aliphatic hydroxyl groups is 2. The highest BCUT2D eigenvalue weighted by Gasteiger charge is 2.31. The first-order valence-electron chi connectivity index (χ1n) is 5.90. The highest BCUT2D eigenvalue weighted by molar-refractivity contribution is 5.27. The standard InChI is InChI=1S/C13H17F3O3/c1-8(2)12(18)11(17)7-9-3-5-10(6-4-9)19-13(14,15)16/h3-6,8,11-12,17-18H,7H2,1-2H3. The molecule has 0 saturated heterocycles. The number of halogens is 3. The van der Waals surface area contributed by atoms with Crippen LogP contribution in [-0.2, 0) is 6.42 Å². The largest absolute Gasteiger partial charge is 0.573 e. The van der Waals surface area contributed by atoms with Crippen LogP contribution in [0, 0.1) is 5.92 Å². The highest BCUT2D eigenvalue weighted by atomic mass is 19.4. The third kappa shape index (κ3) is 5.48. The summed E-state index contributed by atoms with van der Waals surface area (Å²) in [6.45, 7) is 3.54. The predicted octanol–water partition coefficient (Wildman–Crippen LogP) is 2.51. The van der Waals surface area contributed by atoms with Crippen LogP contribution in [0.15, 0.2) is 24.3 Å². The monoisotopic (exact) mass is 278 g/mol. The Morgan fingerprint density at radius 1 is 1.11 bits per heavy atom. The van der Waals surface area contributed by atoms with Crippen molar-refractivity contribution < 1.29 is 28.1 Å². The molecule has 0 amide bonds. The maximum absolute atomic E-state index is 12.0. The first-order valence-corrected chi connectivity index (χ1v) is 5.90. The fourth-order valence-electron chi connectivity index (χ4n) is 1.63. The summed E-state index contributed by atoms with van der Waals surface area (Å²) in [6, 6.07) is 5.21. The van der Waals surface area contributed by atoms with Crippen LogP contribution in [0.4, 0.5) is 13.2 Å². The molecule has 0 spiro atoms. The Morgan fingerprint density at radius 3 is 2.05 bits per heavy atom. The fraction of sp³-hybridized carbons (Fsp3) is 0.538. The van der Waals surface area contributed by atoms with Crippen LogP contribution in [0.3, 0.4) is 0 Å². The van der Waals surface area contributed by atoms with E-state index in [1.165, 1.54) is 24.3 Å². The second kappa shape index (κ2) is 6.25. The zero-order valence-electron chi connectivity index (χ0n) is 10.7. The Balaban J connectivity index is 2.62. The van der Waals surface area contributed by atoms with Gasteiger partial charge in [-0.3, -0.25) is 0 Å². The molecule has 0 aromatic heterocycles. The smallest absolute Gasteiger partial charge is 0.406 e. The van der Waals surface area contributed by atoms with Gasteiger partial charge in [0.2, 0.25) is 0 Å². The number of alkyl halides is 3. The summed E-state index contributed by atoms with van der Waals surface area (Å²) in [5, 5.41) is 19.4. The van der Waals surface area contributed by atoms with Crippen molar-refractivity contribution in [2.45, 2.75) is 38.8 Å². The molecule has 0 bridgehead atoms. The summed E-state index contributed by atoms with van der Waals surface area (Å²) in [4.78, 5) is 0. The summed E-state index contributed by atoms with van der Waals surface area (Å²) >= 11 is 0. The Hall–Kier alpha value is -1.27. The van der Waals surface area contributed by atoms with Crippen LogP contribution in [0.5, 0.6) is 5.75 Å². The van der Waals surface area contributed by atoms with Crippen LogP contribution in [0.2, 0.25) is 0 Å². The number of hydrogen-bond acceptors (Lipinski definition) is 3. The zero-order valence-corrected chi connectivity index (χ0v) is 10.7. The van der Waals surface area contributed by atoms with Crippen molar-refractivity contribution in [1.82, 2.24) is 0 Å². The van der Waals surface area contributed by atoms with E-state index in [0.717, 1.165) is 0 Å². The quantitative estimate of drug-likeness (QED) is 0.870. The normalized spacial score (nSPS) is 15.4. The minimum absolute atomic E-state index is 0.0946. The Labute approximate surface area is 109 Å². The van der Waals surface area contributed by atoms with Gasteiger partial charge in [-0.1, -0.05) is 26.0 Å². The van der Waals surface area contributed by atoms with Gasteiger partial charge in [-0.05, 0) is 23.6 Å². The van der Waals surface area contributed by atoms with E-state index in [1.54, 1.807) is 13.8 Å². The van der Waals surface area contributed by atoms with E-state index >= 15 is 0 Å². The van der Waals surface area contributed by atoms with E-state index in [4.69, 9.17) is 0 Å². The van der Waals surface area contributed by atoms with Crippen LogP contribution in [-0.4, -0.2) is 28.8 Å². The molecule has 108 valence electrons. The van der Waals surface area contributed by atoms with Gasteiger partial charge >= 0.3 is 6.36 Å². The molecule has 0 aliphatic rings. The lowest BCUT2D eigenvalue weighted by Gasteiger charge is -2.21. The molecule has 3 nitrogen and oxygen atoms in total. The summed E-state index contributed by atoms with van der Waals surface area (Å²) in [5.41, 5.74) is 0.627. The number of hydrogen-bond donors (Lipinski definition) is 2. The Kier molecular flexibility index (Phi) is 5.20. The first-order chi connectivity index (χ1) is 8.69. The number of ether oxygens (including phenoxy) is 1. The van der Waals surface area contributed by atoms with Gasteiger partial charge in [0.1, 0.15) is 5.75 Å². The van der Waals surface area contributed by atoms with Crippen molar-refractivity contribution in [1.29, 1.82) is 0 Å². The summed E-state index contributed by atoms with van der Waals surface area (Å²) in [5.74, 6) is -0.405. The second-order valence-corrected chi connectivity index (χ2v) is 4.70. The molecule has 0 heterocycles. The van der Waals surface area contributed by atoms with Crippen LogP contribution in [0.1, 0.15) is 19.4 Å². The molecular formula is C13H17F3O3. The van der Waals surface area contributed by atoms with Crippen molar-refractivity contribution in [2.24, 2.45) is 5.92 Å². The molecule has 1 aromatic rings. The van der Waals surface area contributed by atoms with Gasteiger partial charge in [0.15, 0.2) is 0 Å². The van der Waals surface area contributed by atoms with Gasteiger partial charge in [0.25, 0.3) is 0 Å². The van der Waals surface area contributed by atoms with Crippen LogP contribution >= 0.6 is 0 Å². The number of aliphatic hydroxyl groups excluding tert-OH is 2. The van der Waals surface area contributed by atoms with Crippen molar-refractivity contribution >= 4 is 0 Å². The number of benzene rings is 1. The molecule has 1 aromatic carbocycles. The average molecular weight is 278 g/mol. The van der Waals surface area contributed by atoms with Crippen molar-refractivity contribution in [3.63, 3.8) is 0 Å². The van der Waals surface area contributed by atoms with Gasteiger partial charge in [-0.2, -0.15) is 0 Å². The van der Waals surface area contributed by atoms with Gasteiger partial charge in [-0.15, -0.1) is 13.2 Å². The molecule has 2 atom stereocenters. The third-order valence-corrected chi connectivity index (χ3v) is 2.68. The van der Waals surface area contributed by atoms with Crippen molar-refractivity contribution in [3.8, 4) is 5.75 Å². The van der Waals surface area contributed by atoms with E-state index in [9.17, 15) is 23.4 Å². The van der Waals surface area contributed by atoms with Gasteiger partial charge in [-0.25, -0.2) is 0 Å². The lowest BCUT2D eigenvalue weighted by molar-refractivity contribution is -0.274. The van der Waals surface area contributed by atoms with Crippen LogP contribution in [0.25, 0.3) is 0 Å². The predicted molar refractivity (Wildman–Crippen MR) is 63.7 cm³/mol. The molecule has 0 radical (unpaired) electrons. The maximum Gasteiger partial charge on any atom is 0.573 e. The molecule has 19 heavy (non-hydrogen) atoms. The van der Waals surface area contributed by atoms with E-state index in [1.807, 2.05) is 0 Å². The third-order valence-electron chi connectivity index (χ3n) is 2.68. The van der Waals surface area contributed by atoms with Gasteiger partial charge < -0.3 is 14.9 Å². The van der Waals surface area contributed by atoms with E-state index in [0.29, 0.717) is 5.56 Å². The lowest BCUT2D eigenvalue weighted by Crippen LogP contribution is -2.32. The molecule has 2 unspecified atom stereocenters.